The third kappa shape index (κ3) is 23.0. The van der Waals surface area contributed by atoms with Crippen LogP contribution in [0.25, 0.3) is 0 Å². The number of esters is 1. The number of methoxy groups -OCH3 is 1. The second-order valence-corrected chi connectivity index (χ2v) is 9.89. The largest absolute Gasteiger partial charge is 0.469 e. The van der Waals surface area contributed by atoms with Crippen LogP contribution in [-0.4, -0.2) is 138 Å². The molecule has 21 heteroatoms. The first-order chi connectivity index (χ1) is 19.7. The maximum absolute atomic E-state index is 12.4. The van der Waals surface area contributed by atoms with Crippen LogP contribution in [0.1, 0.15) is 44.9 Å². The number of hydrogen-bond donors (Lipinski definition) is 7. The van der Waals surface area contributed by atoms with Gasteiger partial charge in [0.1, 0.15) is 55.4 Å². The molecule has 0 aromatic carbocycles. The molecular weight excluding hydrogens is 1910 g/mol. The van der Waals surface area contributed by atoms with E-state index in [4.69, 9.17) is 23.7 Å². The van der Waals surface area contributed by atoms with E-state index in [0.29, 0.717) is 12.8 Å². The third-order valence-corrected chi connectivity index (χ3v) is 6.90. The molecule has 1 amide bonds. The molecule has 6 unspecified atom stereocenters. The molecule has 0 aromatic heterocycles. The maximum atomic E-state index is 12.4. The van der Waals surface area contributed by atoms with Gasteiger partial charge in [0.25, 0.3) is 0 Å². The number of amides is 1. The van der Waals surface area contributed by atoms with E-state index in [1.807, 2.05) is 0 Å². The molecule has 0 bridgehead atoms. The summed E-state index contributed by atoms with van der Waals surface area (Å²) in [6.45, 7) is 2.20. The molecule has 0 aromatic rings. The average molecular weight is 1960 g/mol. The van der Waals surface area contributed by atoms with Crippen molar-refractivity contribution in [3.8, 4) is 0 Å². The molecule has 0 aliphatic carbocycles. The van der Waals surface area contributed by atoms with Gasteiger partial charge in [-0.05, 0) is 12.8 Å². The first kappa shape index (κ1) is 62.9. The second kappa shape index (κ2) is 37.0. The number of nitrogens with one attached hydrogen (secondary N) is 1. The zero-order valence-corrected chi connectivity index (χ0v) is 55.2. The monoisotopic (exact) mass is 1960 g/mol. The van der Waals surface area contributed by atoms with Gasteiger partial charge >= 0.3 is 12.1 Å². The zero-order chi connectivity index (χ0) is 30.4. The van der Waals surface area contributed by atoms with E-state index in [0.717, 1.165) is 32.1 Å². The maximum Gasteiger partial charge on any atom is 0.407 e. The van der Waals surface area contributed by atoms with Crippen molar-refractivity contribution >= 4 is 12.1 Å². The Labute approximate surface area is 491 Å². The van der Waals surface area contributed by atoms with Crippen LogP contribution >= 0.6 is 0 Å². The summed E-state index contributed by atoms with van der Waals surface area (Å²) in [6, 6.07) is -1.24. The number of alkyl carbamates (subject to hydrolysis) is 1. The third-order valence-electron chi connectivity index (χ3n) is 6.90. The Morgan fingerprint density at radius 3 is 1.85 bits per heavy atom. The summed E-state index contributed by atoms with van der Waals surface area (Å²) in [7, 11) is 1.36. The quantitative estimate of drug-likeness (QED) is 0.0499. The molecule has 7 N–H and O–H groups in total. The van der Waals surface area contributed by atoms with Crippen molar-refractivity contribution in [2.24, 2.45) is 0 Å². The molecule has 0 saturated carbocycles. The normalized spacial score (nSPS) is 29.3. The molecule has 6 radical (unpaired) electrons. The van der Waals surface area contributed by atoms with Crippen molar-refractivity contribution in [3.05, 3.63) is 12.7 Å². The first-order valence-corrected chi connectivity index (χ1v) is 13.8. The van der Waals surface area contributed by atoms with Crippen LogP contribution in [0.5, 0.6) is 0 Å². The number of carbonyl (C=O) groups is 2. The smallest absolute Gasteiger partial charge is 0.407 e. The molecule has 15 nitrogen and oxygen atoms in total. The summed E-state index contributed by atoms with van der Waals surface area (Å²) in [5.74, 6) is -0.234. The van der Waals surface area contributed by atoms with E-state index in [1.54, 1.807) is 0 Å². The van der Waals surface area contributed by atoms with Gasteiger partial charge in [0.2, 0.25) is 0 Å². The fraction of sp³-hybridized carbons (Fsp3) is 0.846. The first-order valence-electron chi connectivity index (χ1n) is 13.8. The van der Waals surface area contributed by atoms with Gasteiger partial charge in [0.05, 0.1) is 20.3 Å². The fourth-order valence-corrected chi connectivity index (χ4v) is 4.55. The van der Waals surface area contributed by atoms with Gasteiger partial charge in [0.15, 0.2) is 12.6 Å². The number of carbonyl (C=O) groups excluding carboxylic acids is 2. The molecule has 10 atom stereocenters. The van der Waals surface area contributed by atoms with Gasteiger partial charge in [-0.15, -0.1) is 0 Å². The molecule has 2 aliphatic rings. The van der Waals surface area contributed by atoms with Crippen molar-refractivity contribution in [1.82, 2.24) is 5.32 Å². The molecule has 2 fully saturated rings. The number of aliphatic hydroxyl groups is 6. The van der Waals surface area contributed by atoms with Gasteiger partial charge in [0, 0.05) is 277 Å². The Bertz CT molecular complexity index is 811. The Morgan fingerprint density at radius 1 is 0.766 bits per heavy atom. The Hall–Kier alpha value is 6.73. The summed E-state index contributed by atoms with van der Waals surface area (Å²) in [4.78, 5) is 23.6. The molecule has 2 rings (SSSR count). The molecule has 0 spiro atoms. The van der Waals surface area contributed by atoms with Crippen LogP contribution in [0.2, 0.25) is 0 Å². The zero-order valence-electron chi connectivity index (χ0n) is 26.7. The number of hydrogen-bond acceptors (Lipinski definition) is 14. The van der Waals surface area contributed by atoms with E-state index in [2.05, 4.69) is 16.6 Å². The predicted molar refractivity (Wildman–Crippen MR) is 139 cm³/mol. The predicted octanol–water partition coefficient (Wildman–Crippen LogP) is -1.55. The summed E-state index contributed by atoms with van der Waals surface area (Å²) >= 11 is 0. The van der Waals surface area contributed by atoms with Crippen molar-refractivity contribution < 1.29 is 333 Å². The number of rotatable bonds is 17. The summed E-state index contributed by atoms with van der Waals surface area (Å²) in [6.07, 6.45) is -7.84. The second-order valence-electron chi connectivity index (χ2n) is 9.89. The topological polar surface area (TPSA) is 223 Å². The van der Waals surface area contributed by atoms with Crippen LogP contribution in [0, 0.1) is 264 Å². The molecule has 2 heterocycles. The Balaban J connectivity index is -0.000000980. The van der Waals surface area contributed by atoms with Crippen molar-refractivity contribution in [2.75, 3.05) is 33.5 Å². The van der Waals surface area contributed by atoms with Crippen molar-refractivity contribution in [3.63, 3.8) is 0 Å². The summed E-state index contributed by atoms with van der Waals surface area (Å²) in [5.41, 5.74) is 0. The van der Waals surface area contributed by atoms with E-state index >= 15 is 0 Å². The molecule has 256 valence electrons. The number of unbranched alkanes of at least 4 members (excludes halogenated alkanes) is 5. The minimum atomic E-state index is -1.78. The number of ether oxygens (including phenoxy) is 6. The summed E-state index contributed by atoms with van der Waals surface area (Å²) < 4.78 is 32.4. The molecule has 47 heavy (non-hydrogen) atoms. The van der Waals surface area contributed by atoms with Crippen LogP contribution in [0.3, 0.4) is 0 Å². The van der Waals surface area contributed by atoms with E-state index < -0.39 is 80.7 Å². The van der Waals surface area contributed by atoms with Crippen molar-refractivity contribution in [2.45, 2.75) is 106 Å². The minimum absolute atomic E-state index is 0. The standard InChI is InChI=1S/C26H45NO14.6Ac/c1-3-11-38-26(35)27-18-23(41-25-22(34)21(33)19(31)15(13-28)40-25)20(32)16(14-29)39-24(18)37-12-9-7-5-4-6-8-10-17(30)36-2;;;;;;/h3,15-16,18-25,28-29,31-34H,1,4-14H2,2H3,(H,27,35);;;;;;/t15?,16?,18?,19-,20+,21?,22?,23?,24-,25-;;;;;;/m1....../s1. The minimum Gasteiger partial charge on any atom is -0.469 e. The van der Waals surface area contributed by atoms with Crippen LogP contribution < -0.4 is 5.32 Å². The van der Waals surface area contributed by atoms with Gasteiger partial charge in [-0.1, -0.05) is 38.3 Å². The fourth-order valence-electron chi connectivity index (χ4n) is 4.55. The van der Waals surface area contributed by atoms with Gasteiger partial charge in [-0.25, -0.2) is 4.79 Å². The Morgan fingerprint density at radius 2 is 1.30 bits per heavy atom. The number of aliphatic hydroxyl groups excluding tert-OH is 6. The van der Waals surface area contributed by atoms with E-state index in [-0.39, 0.29) is 284 Å². The SMILES string of the molecule is C=CCOC(=O)NC1C(O[C@H]2OC(CO)[C@@H](O)C(O)C2O)[C@@H](O)C(CO)O[C@H]1OCCCCCCCCC(=O)OC.[Ac].[Ac].[Ac].[Ac].[Ac].[Ac]. The van der Waals surface area contributed by atoms with Crippen molar-refractivity contribution in [1.29, 1.82) is 0 Å². The molecular formula is C26H45Ac6NO14. The average Bonchev–Trinajstić information content (AvgIpc) is 2.97. The van der Waals surface area contributed by atoms with Crippen LogP contribution in [0.4, 0.5) is 4.79 Å². The van der Waals surface area contributed by atoms with Gasteiger partial charge in [-0.2, -0.15) is 0 Å². The molecule has 2 saturated heterocycles. The Kier molecular flexibility index (Phi) is 49.6. The van der Waals surface area contributed by atoms with Crippen LogP contribution in [0.15, 0.2) is 12.7 Å². The van der Waals surface area contributed by atoms with Gasteiger partial charge in [-0.3, -0.25) is 4.79 Å². The molecule has 2 aliphatic heterocycles. The van der Waals surface area contributed by atoms with E-state index in [9.17, 15) is 40.2 Å². The van der Waals surface area contributed by atoms with E-state index in [1.165, 1.54) is 13.2 Å². The summed E-state index contributed by atoms with van der Waals surface area (Å²) in [5, 5.41) is 63.4. The van der Waals surface area contributed by atoms with Crippen LogP contribution in [-0.2, 0) is 33.2 Å². The van der Waals surface area contributed by atoms with Gasteiger partial charge < -0.3 is 64.4 Å².